The number of nitrogens with one attached hydrogen (secondary N) is 1. The van der Waals surface area contributed by atoms with Crippen LogP contribution in [0.25, 0.3) is 0 Å². The Bertz CT molecular complexity index is 204. The summed E-state index contributed by atoms with van der Waals surface area (Å²) >= 11 is 0. The highest BCUT2D eigenvalue weighted by molar-refractivity contribution is 5.76. The van der Waals surface area contributed by atoms with Crippen LogP contribution >= 0.6 is 0 Å². The summed E-state index contributed by atoms with van der Waals surface area (Å²) in [6.07, 6.45) is 3.82. The molecule has 1 saturated carbocycles. The van der Waals surface area contributed by atoms with Crippen LogP contribution in [0.5, 0.6) is 0 Å². The van der Waals surface area contributed by atoms with Crippen LogP contribution in [0.4, 0.5) is 0 Å². The van der Waals surface area contributed by atoms with Crippen molar-refractivity contribution in [2.45, 2.75) is 58.0 Å². The molecule has 1 amide bonds. The zero-order chi connectivity index (χ0) is 10.8. The predicted molar refractivity (Wildman–Crippen MR) is 57.8 cm³/mol. The molecule has 0 aromatic heterocycles. The molecule has 0 aliphatic heterocycles. The molecule has 0 saturated heterocycles. The van der Waals surface area contributed by atoms with Crippen LogP contribution in [0.3, 0.4) is 0 Å². The Labute approximate surface area is 86.4 Å². The molecule has 1 rings (SSSR count). The summed E-state index contributed by atoms with van der Waals surface area (Å²) < 4.78 is 0. The number of rotatable bonds is 5. The minimum atomic E-state index is -0.236. The van der Waals surface area contributed by atoms with E-state index < -0.39 is 0 Å². The van der Waals surface area contributed by atoms with Gasteiger partial charge in [-0.2, -0.15) is 0 Å². The molecule has 1 aliphatic carbocycles. The van der Waals surface area contributed by atoms with Gasteiger partial charge < -0.3 is 11.1 Å². The Kier molecular flexibility index (Phi) is 3.53. The highest BCUT2D eigenvalue weighted by Gasteiger charge is 2.28. The molecule has 3 heteroatoms. The van der Waals surface area contributed by atoms with Gasteiger partial charge in [-0.15, -0.1) is 0 Å². The summed E-state index contributed by atoms with van der Waals surface area (Å²) in [5.41, 5.74) is 5.57. The smallest absolute Gasteiger partial charge is 0.220 e. The molecule has 3 N–H and O–H groups in total. The Balaban J connectivity index is 2.15. The van der Waals surface area contributed by atoms with Crippen LogP contribution in [0.2, 0.25) is 0 Å². The van der Waals surface area contributed by atoms with Gasteiger partial charge in [0.2, 0.25) is 5.91 Å². The molecule has 1 fully saturated rings. The molecule has 14 heavy (non-hydrogen) atoms. The second-order valence-corrected chi connectivity index (χ2v) is 5.18. The molecular formula is C11H22N2O. The van der Waals surface area contributed by atoms with Gasteiger partial charge in [0.1, 0.15) is 0 Å². The normalized spacial score (nSPS) is 19.1. The van der Waals surface area contributed by atoms with Crippen molar-refractivity contribution in [1.82, 2.24) is 5.32 Å². The van der Waals surface area contributed by atoms with Crippen molar-refractivity contribution in [3.8, 4) is 0 Å². The zero-order valence-corrected chi connectivity index (χ0v) is 9.47. The first-order valence-electron chi connectivity index (χ1n) is 5.47. The topological polar surface area (TPSA) is 55.1 Å². The maximum absolute atomic E-state index is 11.5. The van der Waals surface area contributed by atoms with Gasteiger partial charge >= 0.3 is 0 Å². The zero-order valence-electron chi connectivity index (χ0n) is 9.47. The molecule has 1 aliphatic rings. The third kappa shape index (κ3) is 4.61. The first kappa shape index (κ1) is 11.5. The molecule has 0 aromatic carbocycles. The van der Waals surface area contributed by atoms with E-state index in [0.29, 0.717) is 12.5 Å². The summed E-state index contributed by atoms with van der Waals surface area (Å²) in [4.78, 5) is 11.5. The first-order chi connectivity index (χ1) is 6.38. The average Bonchev–Trinajstić information content (AvgIpc) is 2.81. The minimum absolute atomic E-state index is 0.142. The maximum atomic E-state index is 11.5. The Morgan fingerprint density at radius 2 is 2.14 bits per heavy atom. The van der Waals surface area contributed by atoms with E-state index in [9.17, 15) is 4.79 Å². The monoisotopic (exact) mass is 198 g/mol. The van der Waals surface area contributed by atoms with Crippen molar-refractivity contribution >= 4 is 5.91 Å². The number of carbonyl (C=O) groups excluding carboxylic acids is 1. The molecule has 0 heterocycles. The number of amides is 1. The lowest BCUT2D eigenvalue weighted by Crippen LogP contribution is -2.37. The van der Waals surface area contributed by atoms with Gasteiger partial charge in [0, 0.05) is 18.0 Å². The second-order valence-electron chi connectivity index (χ2n) is 5.18. The number of hydrogen-bond donors (Lipinski definition) is 2. The Hall–Kier alpha value is -0.570. The molecule has 0 aromatic rings. The van der Waals surface area contributed by atoms with Crippen LogP contribution in [-0.4, -0.2) is 17.5 Å². The van der Waals surface area contributed by atoms with Crippen LogP contribution in [0.1, 0.15) is 46.5 Å². The van der Waals surface area contributed by atoms with Crippen molar-refractivity contribution in [3.05, 3.63) is 0 Å². The SMILES string of the molecule is CC(NC(=O)CCC(C)(C)N)C1CC1. The van der Waals surface area contributed by atoms with Crippen molar-refractivity contribution in [3.63, 3.8) is 0 Å². The molecule has 1 atom stereocenters. The van der Waals surface area contributed by atoms with Crippen LogP contribution < -0.4 is 11.1 Å². The quantitative estimate of drug-likeness (QED) is 0.702. The van der Waals surface area contributed by atoms with E-state index in [-0.39, 0.29) is 11.4 Å². The fourth-order valence-corrected chi connectivity index (χ4v) is 1.48. The highest BCUT2D eigenvalue weighted by atomic mass is 16.1. The Morgan fingerprint density at radius 3 is 2.57 bits per heavy atom. The van der Waals surface area contributed by atoms with E-state index in [1.807, 2.05) is 13.8 Å². The van der Waals surface area contributed by atoms with Crippen LogP contribution in [-0.2, 0) is 4.79 Å². The van der Waals surface area contributed by atoms with Crippen LogP contribution in [0.15, 0.2) is 0 Å². The molecular weight excluding hydrogens is 176 g/mol. The fourth-order valence-electron chi connectivity index (χ4n) is 1.48. The molecule has 0 bridgehead atoms. The number of hydrogen-bond acceptors (Lipinski definition) is 2. The average molecular weight is 198 g/mol. The maximum Gasteiger partial charge on any atom is 0.220 e. The van der Waals surface area contributed by atoms with Gasteiger partial charge in [0.25, 0.3) is 0 Å². The largest absolute Gasteiger partial charge is 0.353 e. The summed E-state index contributed by atoms with van der Waals surface area (Å²) in [7, 11) is 0. The molecule has 82 valence electrons. The van der Waals surface area contributed by atoms with Gasteiger partial charge in [-0.3, -0.25) is 4.79 Å². The van der Waals surface area contributed by atoms with E-state index in [4.69, 9.17) is 5.73 Å². The third-order valence-electron chi connectivity index (χ3n) is 2.71. The van der Waals surface area contributed by atoms with E-state index in [1.165, 1.54) is 12.8 Å². The molecule has 1 unspecified atom stereocenters. The van der Waals surface area contributed by atoms with Crippen molar-refractivity contribution in [2.24, 2.45) is 11.7 Å². The van der Waals surface area contributed by atoms with Gasteiger partial charge in [-0.1, -0.05) is 0 Å². The van der Waals surface area contributed by atoms with Crippen molar-refractivity contribution in [1.29, 1.82) is 0 Å². The fraction of sp³-hybridized carbons (Fsp3) is 0.909. The number of nitrogens with two attached hydrogens (primary N) is 1. The summed E-state index contributed by atoms with van der Waals surface area (Å²) in [6, 6.07) is 0.350. The lowest BCUT2D eigenvalue weighted by Gasteiger charge is -2.19. The summed E-state index contributed by atoms with van der Waals surface area (Å²) in [6.45, 7) is 5.98. The standard InChI is InChI=1S/C11H22N2O/c1-8(9-4-5-9)13-10(14)6-7-11(2,3)12/h8-9H,4-7,12H2,1-3H3,(H,13,14). The third-order valence-corrected chi connectivity index (χ3v) is 2.71. The van der Waals surface area contributed by atoms with Crippen molar-refractivity contribution in [2.75, 3.05) is 0 Å². The van der Waals surface area contributed by atoms with Gasteiger partial charge in [0.05, 0.1) is 0 Å². The lowest BCUT2D eigenvalue weighted by molar-refractivity contribution is -0.122. The predicted octanol–water partition coefficient (Wildman–Crippen LogP) is 1.42. The van der Waals surface area contributed by atoms with E-state index in [0.717, 1.165) is 12.3 Å². The lowest BCUT2D eigenvalue weighted by atomic mass is 10.00. The van der Waals surface area contributed by atoms with Crippen LogP contribution in [0, 0.1) is 5.92 Å². The summed E-state index contributed by atoms with van der Waals surface area (Å²) in [5, 5.41) is 3.02. The Morgan fingerprint density at radius 1 is 1.57 bits per heavy atom. The highest BCUT2D eigenvalue weighted by Crippen LogP contribution is 2.32. The van der Waals surface area contributed by atoms with E-state index >= 15 is 0 Å². The minimum Gasteiger partial charge on any atom is -0.353 e. The van der Waals surface area contributed by atoms with Crippen molar-refractivity contribution < 1.29 is 4.79 Å². The van der Waals surface area contributed by atoms with Gasteiger partial charge in [-0.05, 0) is 46.0 Å². The van der Waals surface area contributed by atoms with E-state index in [2.05, 4.69) is 12.2 Å². The molecule has 3 nitrogen and oxygen atoms in total. The molecule has 0 spiro atoms. The first-order valence-corrected chi connectivity index (χ1v) is 5.47. The number of carbonyl (C=O) groups is 1. The van der Waals surface area contributed by atoms with E-state index in [1.54, 1.807) is 0 Å². The molecule has 0 radical (unpaired) electrons. The second kappa shape index (κ2) is 4.30. The van der Waals surface area contributed by atoms with Gasteiger partial charge in [0.15, 0.2) is 0 Å². The van der Waals surface area contributed by atoms with Gasteiger partial charge in [-0.25, -0.2) is 0 Å². The summed E-state index contributed by atoms with van der Waals surface area (Å²) in [5.74, 6) is 0.868.